The monoisotopic (exact) mass is 648 g/mol. The molecule has 3 aromatic carbocycles. The summed E-state index contributed by atoms with van der Waals surface area (Å²) in [5, 5.41) is 2.11. The summed E-state index contributed by atoms with van der Waals surface area (Å²) in [6, 6.07) is 18.4. The number of carbonyl (C=O) groups is 2. The van der Waals surface area contributed by atoms with Crippen molar-refractivity contribution >= 4 is 90.6 Å². The Morgan fingerprint density at radius 2 is 1.79 bits per heavy atom. The highest BCUT2D eigenvalue weighted by Gasteiger charge is 2.35. The fraction of sp³-hybridized carbons (Fsp3) is 0.143. The number of ether oxygens (including phenoxy) is 1. The first-order chi connectivity index (χ1) is 18.3. The van der Waals surface area contributed by atoms with Gasteiger partial charge in [0.25, 0.3) is 11.1 Å². The molecule has 0 aliphatic carbocycles. The number of amides is 2. The molecule has 1 fully saturated rings. The van der Waals surface area contributed by atoms with Crippen molar-refractivity contribution in [1.82, 2.24) is 9.47 Å². The molecular weight excluding hydrogens is 631 g/mol. The van der Waals surface area contributed by atoms with Crippen LogP contribution < -0.4 is 4.74 Å². The van der Waals surface area contributed by atoms with Crippen LogP contribution >= 0.6 is 62.5 Å². The summed E-state index contributed by atoms with van der Waals surface area (Å²) in [5.41, 5.74) is 2.52. The van der Waals surface area contributed by atoms with Gasteiger partial charge in [-0.2, -0.15) is 0 Å². The third-order valence-electron chi connectivity index (χ3n) is 6.02. The van der Waals surface area contributed by atoms with Crippen LogP contribution in [0.5, 0.6) is 5.75 Å². The standard InChI is InChI=1S/C28H20BrCl3N2O3S/c29-19-7-9-24-21(13-19)18(15-33(24)10-3-11-37-25-5-2-1-4-22(25)31)12-26-27(35)34(28(36)38-26)16-17-6-8-20(30)14-23(17)32/h1-2,4-9,12-15H,3,10-11,16H2/b26-12-. The molecule has 0 spiro atoms. The van der Waals surface area contributed by atoms with Crippen molar-refractivity contribution in [2.75, 3.05) is 6.61 Å². The van der Waals surface area contributed by atoms with E-state index < -0.39 is 0 Å². The van der Waals surface area contributed by atoms with Gasteiger partial charge in [0.1, 0.15) is 5.75 Å². The average Bonchev–Trinajstić information content (AvgIpc) is 3.35. The van der Waals surface area contributed by atoms with E-state index in [-0.39, 0.29) is 17.7 Å². The molecule has 1 aromatic heterocycles. The normalized spacial score (nSPS) is 14.7. The van der Waals surface area contributed by atoms with Gasteiger partial charge in [-0.15, -0.1) is 0 Å². The number of nitrogens with zero attached hydrogens (tertiary/aromatic N) is 2. The van der Waals surface area contributed by atoms with Gasteiger partial charge in [-0.05, 0) is 72.3 Å². The minimum absolute atomic E-state index is 0.0801. The zero-order valence-corrected chi connectivity index (χ0v) is 24.5. The van der Waals surface area contributed by atoms with Crippen molar-refractivity contribution < 1.29 is 14.3 Å². The predicted octanol–water partition coefficient (Wildman–Crippen LogP) is 9.07. The van der Waals surface area contributed by atoms with Gasteiger partial charge in [0, 0.05) is 43.7 Å². The second-order valence-corrected chi connectivity index (χ2v) is 11.7. The Labute approximate surface area is 247 Å². The number of benzene rings is 3. The van der Waals surface area contributed by atoms with Crippen LogP contribution in [0.4, 0.5) is 4.79 Å². The summed E-state index contributed by atoms with van der Waals surface area (Å²) in [4.78, 5) is 27.5. The molecule has 5 nitrogen and oxygen atoms in total. The number of hydrogen-bond acceptors (Lipinski definition) is 4. The van der Waals surface area contributed by atoms with Crippen molar-refractivity contribution in [3.63, 3.8) is 0 Å². The van der Waals surface area contributed by atoms with Crippen molar-refractivity contribution in [2.24, 2.45) is 0 Å². The number of hydrogen-bond donors (Lipinski definition) is 0. The smallest absolute Gasteiger partial charge is 0.293 e. The lowest BCUT2D eigenvalue weighted by molar-refractivity contribution is -0.123. The molecular formula is C28H20BrCl3N2O3S. The highest BCUT2D eigenvalue weighted by atomic mass is 79.9. The van der Waals surface area contributed by atoms with E-state index in [1.54, 1.807) is 30.3 Å². The van der Waals surface area contributed by atoms with Crippen LogP contribution in [0.3, 0.4) is 0 Å². The molecule has 38 heavy (non-hydrogen) atoms. The van der Waals surface area contributed by atoms with Gasteiger partial charge in [-0.25, -0.2) is 0 Å². The van der Waals surface area contributed by atoms with Gasteiger partial charge < -0.3 is 9.30 Å². The summed E-state index contributed by atoms with van der Waals surface area (Å²) in [7, 11) is 0. The van der Waals surface area contributed by atoms with E-state index in [9.17, 15) is 9.59 Å². The number of aryl methyl sites for hydroxylation is 1. The van der Waals surface area contributed by atoms with E-state index in [1.165, 1.54) is 4.90 Å². The molecule has 194 valence electrons. The summed E-state index contributed by atoms with van der Waals surface area (Å²) in [6.45, 7) is 1.28. The fourth-order valence-corrected chi connectivity index (χ4v) is 6.02. The zero-order chi connectivity index (χ0) is 26.8. The van der Waals surface area contributed by atoms with E-state index >= 15 is 0 Å². The van der Waals surface area contributed by atoms with Gasteiger partial charge in [0.05, 0.1) is 23.1 Å². The highest BCUT2D eigenvalue weighted by Crippen LogP contribution is 2.36. The number of fused-ring (bicyclic) bond motifs is 1. The Bertz CT molecular complexity index is 1590. The van der Waals surface area contributed by atoms with Crippen molar-refractivity contribution in [2.45, 2.75) is 19.5 Å². The van der Waals surface area contributed by atoms with Gasteiger partial charge in [-0.3, -0.25) is 14.5 Å². The molecule has 1 saturated heterocycles. The van der Waals surface area contributed by atoms with Crippen molar-refractivity contribution in [3.8, 4) is 5.75 Å². The maximum atomic E-state index is 13.2. The summed E-state index contributed by atoms with van der Waals surface area (Å²) >= 11 is 22.9. The minimum Gasteiger partial charge on any atom is -0.492 e. The maximum absolute atomic E-state index is 13.2. The molecule has 2 amide bonds. The summed E-state index contributed by atoms with van der Waals surface area (Å²) < 4.78 is 8.88. The number of rotatable bonds is 8. The molecule has 1 aliphatic heterocycles. The molecule has 5 rings (SSSR count). The van der Waals surface area contributed by atoms with E-state index in [1.807, 2.05) is 42.6 Å². The molecule has 1 aliphatic rings. The first kappa shape index (κ1) is 27.2. The van der Waals surface area contributed by atoms with E-state index in [0.717, 1.165) is 39.1 Å². The Balaban J connectivity index is 1.35. The third-order valence-corrected chi connectivity index (χ3v) is 8.32. The lowest BCUT2D eigenvalue weighted by Gasteiger charge is -2.13. The first-order valence-corrected chi connectivity index (χ1v) is 14.4. The number of para-hydroxylation sites is 1. The molecule has 0 unspecified atom stereocenters. The SMILES string of the molecule is O=C1S/C(=C\c2cn(CCCOc3ccccc3Cl)c3ccc(Br)cc23)C(=O)N1Cc1ccc(Cl)cc1Cl. The van der Waals surface area contributed by atoms with Crippen LogP contribution in [-0.4, -0.2) is 27.2 Å². The number of carbonyl (C=O) groups excluding carboxylic acids is 2. The van der Waals surface area contributed by atoms with Crippen LogP contribution in [0, 0.1) is 0 Å². The van der Waals surface area contributed by atoms with Crippen LogP contribution in [-0.2, 0) is 17.9 Å². The molecule has 10 heteroatoms. The molecule has 4 aromatic rings. The molecule has 2 heterocycles. The number of thioether (sulfide) groups is 1. The fourth-order valence-electron chi connectivity index (χ4n) is 4.17. The van der Waals surface area contributed by atoms with Gasteiger partial charge in [0.2, 0.25) is 0 Å². The van der Waals surface area contributed by atoms with E-state index in [0.29, 0.717) is 44.4 Å². The second kappa shape index (κ2) is 11.8. The van der Waals surface area contributed by atoms with Gasteiger partial charge in [-0.1, -0.05) is 68.9 Å². The van der Waals surface area contributed by atoms with E-state index in [4.69, 9.17) is 39.5 Å². The first-order valence-electron chi connectivity index (χ1n) is 11.6. The Morgan fingerprint density at radius 1 is 0.974 bits per heavy atom. The van der Waals surface area contributed by atoms with Crippen LogP contribution in [0.1, 0.15) is 17.5 Å². The largest absolute Gasteiger partial charge is 0.492 e. The van der Waals surface area contributed by atoms with E-state index in [2.05, 4.69) is 20.5 Å². The Kier molecular flexibility index (Phi) is 8.41. The van der Waals surface area contributed by atoms with Gasteiger partial charge >= 0.3 is 0 Å². The van der Waals surface area contributed by atoms with Gasteiger partial charge in [0.15, 0.2) is 0 Å². The highest BCUT2D eigenvalue weighted by molar-refractivity contribution is 9.10. The molecule has 0 N–H and O–H groups in total. The molecule has 0 bridgehead atoms. The quantitative estimate of drug-likeness (QED) is 0.141. The summed E-state index contributed by atoms with van der Waals surface area (Å²) in [6.07, 6.45) is 4.53. The maximum Gasteiger partial charge on any atom is 0.293 e. The Hall–Kier alpha value is -2.42. The topological polar surface area (TPSA) is 51.5 Å². The lowest BCUT2D eigenvalue weighted by atomic mass is 10.1. The van der Waals surface area contributed by atoms with Crippen LogP contribution in [0.25, 0.3) is 17.0 Å². The minimum atomic E-state index is -0.352. The Morgan fingerprint density at radius 3 is 2.58 bits per heavy atom. The zero-order valence-electron chi connectivity index (χ0n) is 19.8. The lowest BCUT2D eigenvalue weighted by Crippen LogP contribution is -2.27. The molecule has 0 saturated carbocycles. The number of halogens is 4. The number of aromatic nitrogens is 1. The van der Waals surface area contributed by atoms with Crippen LogP contribution in [0.15, 0.2) is 76.2 Å². The van der Waals surface area contributed by atoms with Crippen molar-refractivity contribution in [3.05, 3.63) is 102 Å². The van der Waals surface area contributed by atoms with Crippen LogP contribution in [0.2, 0.25) is 15.1 Å². The second-order valence-electron chi connectivity index (χ2n) is 8.58. The average molecular weight is 651 g/mol. The van der Waals surface area contributed by atoms with Crippen molar-refractivity contribution in [1.29, 1.82) is 0 Å². The molecule has 0 radical (unpaired) electrons. The summed E-state index contributed by atoms with van der Waals surface area (Å²) in [5.74, 6) is 0.307. The molecule has 0 atom stereocenters. The predicted molar refractivity (Wildman–Crippen MR) is 159 cm³/mol. The number of imide groups is 1. The third kappa shape index (κ3) is 5.92.